The van der Waals surface area contributed by atoms with Crippen LogP contribution in [0.2, 0.25) is 0 Å². The molecule has 2 N–H and O–H groups in total. The maximum atomic E-state index is 11.8. The van der Waals surface area contributed by atoms with Crippen LogP contribution in [0.1, 0.15) is 30.7 Å². The smallest absolute Gasteiger partial charge is 0.225 e. The van der Waals surface area contributed by atoms with Crippen molar-refractivity contribution in [3.63, 3.8) is 0 Å². The summed E-state index contributed by atoms with van der Waals surface area (Å²) in [5.74, 6) is 0.483. The highest BCUT2D eigenvalue weighted by molar-refractivity contribution is 5.92. The molecular formula is C12H17N3O. The molecule has 4 nitrogen and oxygen atoms in total. The second-order valence-corrected chi connectivity index (χ2v) is 4.33. The van der Waals surface area contributed by atoms with Gasteiger partial charge in [-0.3, -0.25) is 9.89 Å². The lowest BCUT2D eigenvalue weighted by Gasteiger charge is -2.08. The summed E-state index contributed by atoms with van der Waals surface area (Å²) in [6.07, 6.45) is 7.04. The third kappa shape index (κ3) is 2.32. The maximum Gasteiger partial charge on any atom is 0.225 e. The molecule has 0 saturated carbocycles. The number of allylic oxidation sites excluding steroid dienone is 2. The first-order chi connectivity index (χ1) is 7.66. The maximum absolute atomic E-state index is 11.8. The van der Waals surface area contributed by atoms with Gasteiger partial charge in [-0.05, 0) is 32.6 Å². The van der Waals surface area contributed by atoms with Crippen LogP contribution >= 0.6 is 0 Å². The minimum atomic E-state index is 0.0733. The molecule has 1 aromatic heterocycles. The molecule has 1 heterocycles. The fourth-order valence-electron chi connectivity index (χ4n) is 2.03. The van der Waals surface area contributed by atoms with E-state index in [1.165, 1.54) is 0 Å². The van der Waals surface area contributed by atoms with Crippen molar-refractivity contribution in [2.75, 3.05) is 5.32 Å². The molecule has 86 valence electrons. The van der Waals surface area contributed by atoms with Crippen LogP contribution in [0, 0.1) is 19.8 Å². The van der Waals surface area contributed by atoms with Crippen molar-refractivity contribution in [3.05, 3.63) is 23.5 Å². The minimum absolute atomic E-state index is 0.0733. The summed E-state index contributed by atoms with van der Waals surface area (Å²) in [6, 6.07) is 0. The summed E-state index contributed by atoms with van der Waals surface area (Å²) in [4.78, 5) is 11.8. The molecule has 0 aromatic carbocycles. The quantitative estimate of drug-likeness (QED) is 0.766. The van der Waals surface area contributed by atoms with E-state index in [0.29, 0.717) is 12.3 Å². The first kappa shape index (κ1) is 10.9. The molecule has 0 fully saturated rings. The Morgan fingerprint density at radius 3 is 3.00 bits per heavy atom. The Morgan fingerprint density at radius 2 is 2.44 bits per heavy atom. The second kappa shape index (κ2) is 4.51. The van der Waals surface area contributed by atoms with E-state index in [0.717, 1.165) is 29.9 Å². The number of nitrogens with zero attached hydrogens (tertiary/aromatic N) is 1. The molecule has 1 aromatic rings. The van der Waals surface area contributed by atoms with Crippen molar-refractivity contribution in [2.24, 2.45) is 5.92 Å². The number of aromatic nitrogens is 2. The Labute approximate surface area is 95.1 Å². The van der Waals surface area contributed by atoms with E-state index in [-0.39, 0.29) is 5.91 Å². The van der Waals surface area contributed by atoms with Gasteiger partial charge >= 0.3 is 0 Å². The fraction of sp³-hybridized carbons (Fsp3) is 0.500. The van der Waals surface area contributed by atoms with Gasteiger partial charge in [0, 0.05) is 6.42 Å². The van der Waals surface area contributed by atoms with Crippen molar-refractivity contribution in [1.82, 2.24) is 10.2 Å². The Bertz CT molecular complexity index is 400. The number of amides is 1. The lowest BCUT2D eigenvalue weighted by Crippen LogP contribution is -2.15. The highest BCUT2D eigenvalue weighted by Crippen LogP contribution is 2.22. The minimum Gasteiger partial charge on any atom is -0.323 e. The van der Waals surface area contributed by atoms with Gasteiger partial charge in [-0.1, -0.05) is 12.2 Å². The van der Waals surface area contributed by atoms with Gasteiger partial charge in [-0.25, -0.2) is 0 Å². The van der Waals surface area contributed by atoms with Gasteiger partial charge in [-0.2, -0.15) is 5.10 Å². The standard InChI is InChI=1S/C12H17N3O/c1-8-12(9(2)15-14-8)13-11(16)7-10-5-3-4-6-10/h3,5,10H,4,6-7H2,1-2H3,(H,13,16)(H,14,15). The molecule has 1 atom stereocenters. The van der Waals surface area contributed by atoms with Crippen LogP contribution < -0.4 is 5.32 Å². The molecule has 0 bridgehead atoms. The van der Waals surface area contributed by atoms with Gasteiger partial charge in [0.25, 0.3) is 0 Å². The number of anilines is 1. The van der Waals surface area contributed by atoms with Crippen molar-refractivity contribution in [1.29, 1.82) is 0 Å². The van der Waals surface area contributed by atoms with Gasteiger partial charge in [-0.15, -0.1) is 0 Å². The molecule has 0 radical (unpaired) electrons. The van der Waals surface area contributed by atoms with Crippen molar-refractivity contribution >= 4 is 11.6 Å². The van der Waals surface area contributed by atoms with E-state index in [4.69, 9.17) is 0 Å². The molecule has 1 aliphatic carbocycles. The Balaban J connectivity index is 1.94. The first-order valence-corrected chi connectivity index (χ1v) is 5.65. The summed E-state index contributed by atoms with van der Waals surface area (Å²) in [7, 11) is 0. The fourth-order valence-corrected chi connectivity index (χ4v) is 2.03. The van der Waals surface area contributed by atoms with E-state index < -0.39 is 0 Å². The zero-order chi connectivity index (χ0) is 11.5. The summed E-state index contributed by atoms with van der Waals surface area (Å²) in [5, 5.41) is 9.82. The molecule has 2 rings (SSSR count). The van der Waals surface area contributed by atoms with E-state index in [9.17, 15) is 4.79 Å². The topological polar surface area (TPSA) is 57.8 Å². The lowest BCUT2D eigenvalue weighted by molar-refractivity contribution is -0.116. The third-order valence-electron chi connectivity index (χ3n) is 2.95. The normalized spacial score (nSPS) is 19.0. The molecule has 1 aliphatic rings. The molecule has 0 aliphatic heterocycles. The van der Waals surface area contributed by atoms with Crippen molar-refractivity contribution in [3.8, 4) is 0 Å². The number of hydrogen-bond donors (Lipinski definition) is 2. The monoisotopic (exact) mass is 219 g/mol. The number of nitrogens with one attached hydrogen (secondary N) is 2. The summed E-state index contributed by atoms with van der Waals surface area (Å²) < 4.78 is 0. The summed E-state index contributed by atoms with van der Waals surface area (Å²) >= 11 is 0. The average Bonchev–Trinajstić information content (AvgIpc) is 2.83. The van der Waals surface area contributed by atoms with Crippen molar-refractivity contribution < 1.29 is 4.79 Å². The van der Waals surface area contributed by atoms with E-state index in [1.54, 1.807) is 0 Å². The Morgan fingerprint density at radius 1 is 1.62 bits per heavy atom. The lowest BCUT2D eigenvalue weighted by atomic mass is 10.1. The zero-order valence-electron chi connectivity index (χ0n) is 9.71. The van der Waals surface area contributed by atoms with Crippen LogP contribution in [0.5, 0.6) is 0 Å². The van der Waals surface area contributed by atoms with Crippen LogP contribution in [0.25, 0.3) is 0 Å². The van der Waals surface area contributed by atoms with Crippen LogP contribution in [0.4, 0.5) is 5.69 Å². The number of aromatic amines is 1. The molecule has 4 heteroatoms. The predicted octanol–water partition coefficient (Wildman–Crippen LogP) is 2.32. The third-order valence-corrected chi connectivity index (χ3v) is 2.95. The number of aryl methyl sites for hydroxylation is 2. The molecular weight excluding hydrogens is 202 g/mol. The van der Waals surface area contributed by atoms with Gasteiger partial charge in [0.2, 0.25) is 5.91 Å². The summed E-state index contributed by atoms with van der Waals surface area (Å²) in [5.41, 5.74) is 2.58. The van der Waals surface area contributed by atoms with E-state index in [2.05, 4.69) is 27.7 Å². The van der Waals surface area contributed by atoms with Gasteiger partial charge in [0.15, 0.2) is 0 Å². The van der Waals surface area contributed by atoms with Gasteiger partial charge in [0.1, 0.15) is 0 Å². The first-order valence-electron chi connectivity index (χ1n) is 5.65. The number of carbonyl (C=O) groups is 1. The Hall–Kier alpha value is -1.58. The van der Waals surface area contributed by atoms with Crippen LogP contribution in [0.3, 0.4) is 0 Å². The molecule has 0 spiro atoms. The van der Waals surface area contributed by atoms with Crippen molar-refractivity contribution in [2.45, 2.75) is 33.1 Å². The number of H-pyrrole nitrogens is 1. The molecule has 0 saturated heterocycles. The average molecular weight is 219 g/mol. The zero-order valence-corrected chi connectivity index (χ0v) is 9.71. The van der Waals surface area contributed by atoms with Gasteiger partial charge in [0.05, 0.1) is 17.1 Å². The van der Waals surface area contributed by atoms with E-state index >= 15 is 0 Å². The summed E-state index contributed by atoms with van der Waals surface area (Å²) in [6.45, 7) is 3.79. The SMILES string of the molecule is Cc1n[nH]c(C)c1NC(=O)CC1C=CCC1. The van der Waals surface area contributed by atoms with Crippen LogP contribution in [-0.2, 0) is 4.79 Å². The highest BCUT2D eigenvalue weighted by atomic mass is 16.1. The van der Waals surface area contributed by atoms with E-state index in [1.807, 2.05) is 13.8 Å². The predicted molar refractivity (Wildman–Crippen MR) is 63.2 cm³/mol. The number of hydrogen-bond acceptors (Lipinski definition) is 2. The van der Waals surface area contributed by atoms with Gasteiger partial charge < -0.3 is 5.32 Å². The second-order valence-electron chi connectivity index (χ2n) is 4.33. The number of carbonyl (C=O) groups excluding carboxylic acids is 1. The molecule has 1 unspecified atom stereocenters. The number of rotatable bonds is 3. The largest absolute Gasteiger partial charge is 0.323 e. The Kier molecular flexibility index (Phi) is 3.08. The van der Waals surface area contributed by atoms with Crippen LogP contribution in [-0.4, -0.2) is 16.1 Å². The van der Waals surface area contributed by atoms with Crippen LogP contribution in [0.15, 0.2) is 12.2 Å². The highest BCUT2D eigenvalue weighted by Gasteiger charge is 2.16. The molecule has 1 amide bonds. The molecule has 16 heavy (non-hydrogen) atoms.